The number of aromatic amines is 3. The second-order valence-corrected chi connectivity index (χ2v) is 38.5. The monoisotopic (exact) mass is 1690 g/mol. The molecule has 0 unspecified atom stereocenters. The topological polar surface area (TPSA) is 419 Å². The fourth-order valence-corrected chi connectivity index (χ4v) is 20.1. The predicted molar refractivity (Wildman–Crippen MR) is 470 cm³/mol. The third-order valence-electron chi connectivity index (χ3n) is 27.4. The van der Waals surface area contributed by atoms with Gasteiger partial charge < -0.3 is 86.3 Å². The molecular weight excluding hydrogens is 1570 g/mol. The molecule has 0 radical (unpaired) electrons. The van der Waals surface area contributed by atoms with Crippen molar-refractivity contribution in [2.45, 2.75) is 281 Å². The Morgan fingerprint density at radius 1 is 0.488 bits per heavy atom. The molecule has 3 aromatic carbocycles. The van der Waals surface area contributed by atoms with E-state index in [0.29, 0.717) is 113 Å². The Labute approximate surface area is 715 Å². The quantitative estimate of drug-likeness (QED) is 0.0239. The molecule has 123 heavy (non-hydrogen) atoms. The van der Waals surface area contributed by atoms with E-state index in [0.717, 1.165) is 121 Å². The molecule has 5 saturated carbocycles. The van der Waals surface area contributed by atoms with Crippen molar-refractivity contribution in [2.24, 2.45) is 29.6 Å². The summed E-state index contributed by atoms with van der Waals surface area (Å²) in [6, 6.07) is 23.1. The molecule has 10 heterocycles. The average Bonchev–Trinajstić information content (AvgIpc) is 1.63. The number of aliphatic hydroxyl groups excluding tert-OH is 6. The van der Waals surface area contributed by atoms with Gasteiger partial charge >= 0.3 is 6.11 Å². The van der Waals surface area contributed by atoms with E-state index in [1.165, 1.54) is 68.2 Å². The minimum Gasteiger partial charge on any atom is -0.433 e. The molecule has 32 heteroatoms. The summed E-state index contributed by atoms with van der Waals surface area (Å²) < 4.78 is 42.8. The van der Waals surface area contributed by atoms with Crippen molar-refractivity contribution in [3.63, 3.8) is 0 Å². The van der Waals surface area contributed by atoms with Gasteiger partial charge in [0.15, 0.2) is 17.7 Å². The van der Waals surface area contributed by atoms with Gasteiger partial charge in [0.1, 0.15) is 101 Å². The molecule has 0 spiro atoms. The van der Waals surface area contributed by atoms with E-state index in [2.05, 4.69) is 187 Å². The minimum absolute atomic E-state index is 0.00386. The van der Waals surface area contributed by atoms with Gasteiger partial charge in [-0.05, 0) is 193 Å². The zero-order valence-electron chi connectivity index (χ0n) is 72.7. The predicted octanol–water partition coefficient (Wildman–Crippen LogP) is 11.8. The smallest absolute Gasteiger partial charge is 0.394 e. The van der Waals surface area contributed by atoms with Crippen LogP contribution in [0.15, 0.2) is 104 Å². The first-order valence-electron chi connectivity index (χ1n) is 44.2. The Hall–Kier alpha value is -9.48. The summed E-state index contributed by atoms with van der Waals surface area (Å²) >= 11 is 0. The van der Waals surface area contributed by atoms with Gasteiger partial charge in [-0.25, -0.2) is 49.8 Å². The van der Waals surface area contributed by atoms with Crippen LogP contribution in [0, 0.1) is 29.6 Å². The Kier molecular flexibility index (Phi) is 24.9. The number of hydrogen-bond donors (Lipinski definition) is 12. The molecule has 660 valence electrons. The van der Waals surface area contributed by atoms with Crippen molar-refractivity contribution in [1.82, 2.24) is 93.2 Å². The number of anilines is 3. The molecule has 9 aromatic heterocycles. The van der Waals surface area contributed by atoms with Crippen LogP contribution in [-0.2, 0) is 34.8 Å². The number of nitrogen functional groups attached to an aromatic ring is 3. The van der Waals surface area contributed by atoms with Gasteiger partial charge in [-0.15, -0.1) is 0 Å². The standard InChI is InChI=1S/C32H45N7O2.C31H43N7O2.C28H36F2N8O4/c1-18(2)39(16-20-14-26(29(41)28(20)40)38-11-10-23-30(33)34-17-35-31(23)38)22-12-19(13-22)6-9-27-36-24-8-7-21(32(3,4)5)15-25(24)37-27;1-5-37(16-19-14-25(28(40)27(19)39)38-11-10-22-29(32)33-17-34-30(22)38)21-12-18(13-21)6-9-26-35-23-8-7-20(31(2,3)4)15-24(23)36-26;1-14(2)37(11-20-23(39)24(40)27(41-20)38-13-34-22-25(31)32-12-33-26(22)38)16-8-15(9-16)4-7-21-35-18-6-5-17(10-19(18)36-21)42-28(3,29)30/h7-8,10-11,15,17-20,22,26,28-29,40-41H,6,9,12-14,16H2,1-5H3,(H,36,37)(H2,33,34,35);7-8,10-11,15,17-19,21,25,27-28,39-40H,5-6,9,12-14,16H2,1-4H3,(H,35,36)(H2,32,33,34);5-6,10,12-16,20,23-24,27,39-40H,4,7-9,11H2,1-3H3,(H,35,36)(H2,31,32,33)/t19?,20-,22?,26-,28-,29+;18?,19-,21?,25-,27-,28+;15?,16?,20-,23-,24-,27-/m111/s1. The lowest BCUT2D eigenvalue weighted by atomic mass is 9.76. The first-order chi connectivity index (χ1) is 58.6. The first-order valence-corrected chi connectivity index (χ1v) is 44.2. The minimum atomic E-state index is -3.25. The zero-order chi connectivity index (χ0) is 87.0. The highest BCUT2D eigenvalue weighted by molar-refractivity contribution is 5.87. The number of alkyl halides is 2. The number of nitrogens with one attached hydrogen (secondary N) is 3. The number of ether oxygens (including phenoxy) is 2. The molecule has 15 N–H and O–H groups in total. The third-order valence-corrected chi connectivity index (χ3v) is 27.4. The SMILES string of the molecule is CC(C)N(C[C@H]1C[C@@H](n2ccc3c(N)ncnc32)[C@H](O)[C@@H]1O)C1CC(CCc2nc3ccc(C(C)(C)C)cc3[nH]2)C1.CC(C)N(C[C@H]1O[C@@H](n2cnc3c(N)ncnc32)[C@H](O)[C@@H]1O)C1CC(CCc2nc3ccc(OC(C)(F)F)cc3[nH]2)C1.CCN(C[C@H]1C[C@@H](n2ccc3c(N)ncnc32)[C@H](O)[C@@H]1O)C1CC(CCc2nc3ccc(C(C)(C)C)cc3[nH]2)C1. The van der Waals surface area contributed by atoms with E-state index < -0.39 is 55.1 Å². The van der Waals surface area contributed by atoms with Crippen LogP contribution in [0.1, 0.15) is 201 Å². The summed E-state index contributed by atoms with van der Waals surface area (Å²) in [5.41, 5.74) is 28.8. The van der Waals surface area contributed by atoms with Crippen LogP contribution >= 0.6 is 0 Å². The summed E-state index contributed by atoms with van der Waals surface area (Å²) in [6.07, 6.45) is 13.3. The largest absolute Gasteiger partial charge is 0.433 e. The van der Waals surface area contributed by atoms with Crippen LogP contribution in [0.4, 0.5) is 26.2 Å². The Bertz CT molecular complexity index is 5630. The molecule has 0 amide bonds. The number of aryl methyl sites for hydroxylation is 3. The zero-order valence-corrected chi connectivity index (χ0v) is 72.7. The van der Waals surface area contributed by atoms with Gasteiger partial charge in [0, 0.05) is 106 Å². The number of rotatable bonds is 26. The van der Waals surface area contributed by atoms with Crippen molar-refractivity contribution < 1.29 is 48.9 Å². The third kappa shape index (κ3) is 18.5. The van der Waals surface area contributed by atoms with E-state index in [1.54, 1.807) is 16.7 Å². The molecule has 5 aliphatic carbocycles. The number of nitrogens with two attached hydrogens (primary N) is 3. The van der Waals surface area contributed by atoms with Gasteiger partial charge in [0.2, 0.25) is 0 Å². The highest BCUT2D eigenvalue weighted by Crippen LogP contribution is 2.46. The Morgan fingerprint density at radius 2 is 0.919 bits per heavy atom. The molecular formula is C91H124F2N22O8. The lowest BCUT2D eigenvalue weighted by Crippen LogP contribution is -2.52. The molecule has 6 fully saturated rings. The lowest BCUT2D eigenvalue weighted by molar-refractivity contribution is -0.158. The van der Waals surface area contributed by atoms with Crippen LogP contribution in [0.2, 0.25) is 0 Å². The number of benzene rings is 3. The molecule has 30 nitrogen and oxygen atoms in total. The second kappa shape index (κ2) is 35.2. The summed E-state index contributed by atoms with van der Waals surface area (Å²) in [4.78, 5) is 61.4. The highest BCUT2D eigenvalue weighted by Gasteiger charge is 2.50. The van der Waals surface area contributed by atoms with Gasteiger partial charge in [0.25, 0.3) is 0 Å². The lowest BCUT2D eigenvalue weighted by Gasteiger charge is -2.46. The van der Waals surface area contributed by atoms with Gasteiger partial charge in [-0.2, -0.15) is 8.78 Å². The first kappa shape index (κ1) is 87.0. The van der Waals surface area contributed by atoms with Crippen LogP contribution in [0.3, 0.4) is 0 Å². The number of imidazole rings is 4. The van der Waals surface area contributed by atoms with Crippen LogP contribution < -0.4 is 21.9 Å². The van der Waals surface area contributed by atoms with Crippen LogP contribution in [-0.4, -0.2) is 229 Å². The van der Waals surface area contributed by atoms with Crippen LogP contribution in [0.5, 0.6) is 5.75 Å². The number of hydrogen-bond acceptors (Lipinski definition) is 24. The molecule has 12 atom stereocenters. The number of halogens is 2. The van der Waals surface area contributed by atoms with Crippen LogP contribution in [0.25, 0.3) is 66.3 Å². The summed E-state index contributed by atoms with van der Waals surface area (Å²) in [5.74, 6) is 6.04. The number of H-pyrrole nitrogens is 3. The van der Waals surface area contributed by atoms with E-state index in [-0.39, 0.29) is 52.4 Å². The maximum absolute atomic E-state index is 13.2. The van der Waals surface area contributed by atoms with Crippen molar-refractivity contribution in [2.75, 3.05) is 43.4 Å². The maximum Gasteiger partial charge on any atom is 0.394 e. The van der Waals surface area contributed by atoms with E-state index in [4.69, 9.17) is 31.9 Å². The van der Waals surface area contributed by atoms with Crippen molar-refractivity contribution in [3.05, 3.63) is 133 Å². The summed E-state index contributed by atoms with van der Waals surface area (Å²) in [7, 11) is 0. The van der Waals surface area contributed by atoms with Crippen molar-refractivity contribution in [3.8, 4) is 5.75 Å². The number of aliphatic hydroxyl groups is 6. The molecule has 1 aliphatic heterocycles. The Balaban J connectivity index is 0.000000137. The van der Waals surface area contributed by atoms with E-state index >= 15 is 0 Å². The number of fused-ring (bicyclic) bond motifs is 6. The molecule has 6 aliphatic rings. The van der Waals surface area contributed by atoms with E-state index in [1.807, 2.05) is 33.7 Å². The normalized spacial score (nSPS) is 26.9. The van der Waals surface area contributed by atoms with Crippen molar-refractivity contribution >= 4 is 83.8 Å². The summed E-state index contributed by atoms with van der Waals surface area (Å²) in [5, 5.41) is 67.4. The molecule has 12 aromatic rings. The van der Waals surface area contributed by atoms with Gasteiger partial charge in [-0.3, -0.25) is 14.4 Å². The fraction of sp³-hybridized carbons (Fsp3) is 0.582. The van der Waals surface area contributed by atoms with E-state index in [9.17, 15) is 39.4 Å². The molecule has 18 rings (SSSR count). The molecule has 1 saturated heterocycles. The maximum atomic E-state index is 13.2. The second-order valence-electron chi connectivity index (χ2n) is 38.5. The highest BCUT2D eigenvalue weighted by atomic mass is 19.3. The fourth-order valence-electron chi connectivity index (χ4n) is 20.1. The van der Waals surface area contributed by atoms with Crippen molar-refractivity contribution in [1.29, 1.82) is 0 Å². The summed E-state index contributed by atoms with van der Waals surface area (Å²) in [6.45, 7) is 28.0. The number of aromatic nitrogens is 16. The number of nitrogens with zero attached hydrogens (tertiary/aromatic N) is 16. The van der Waals surface area contributed by atoms with Gasteiger partial charge in [-0.1, -0.05) is 60.6 Å². The Morgan fingerprint density at radius 3 is 1.37 bits per heavy atom. The average molecular weight is 1690 g/mol. The van der Waals surface area contributed by atoms with Gasteiger partial charge in [0.05, 0.1) is 74.5 Å². The molecule has 0 bridgehead atoms.